The van der Waals surface area contributed by atoms with Crippen LogP contribution in [0.15, 0.2) is 197 Å². The number of fused-ring (bicyclic) bond motifs is 15. The Morgan fingerprint density at radius 1 is 0.265 bits per heavy atom. The normalized spacial score (nSPS) is 20.8. The first-order valence-corrected chi connectivity index (χ1v) is 50.4. The Labute approximate surface area is 793 Å². The largest absolute Gasteiger partial charge is 0.472 e. The minimum Gasteiger partial charge on any atom is -0.472 e. The van der Waals surface area contributed by atoms with E-state index in [1.807, 2.05) is 0 Å². The Morgan fingerprint density at radius 2 is 0.568 bits per heavy atom. The van der Waals surface area contributed by atoms with Crippen molar-refractivity contribution < 1.29 is 8.83 Å². The Hall–Kier alpha value is -9.91. The van der Waals surface area contributed by atoms with E-state index in [4.69, 9.17) is 8.83 Å². The molecule has 8 heteroatoms. The van der Waals surface area contributed by atoms with Crippen LogP contribution in [-0.4, -0.2) is 13.4 Å². The van der Waals surface area contributed by atoms with Gasteiger partial charge in [0.25, 0.3) is 13.4 Å². The lowest BCUT2D eigenvalue weighted by Crippen LogP contribution is -2.61. The number of rotatable bonds is 8. The minimum atomic E-state index is -0.298. The SMILES string of the molecule is CC(C)(C)c1ccc(N2c3cc4c(cc3B3c5oc6c(c5N(c5ccc(C(C)(C)C)cc5)c5cc(-c7cccc(CC8(C)CCC(C)(C)c9cc%10c(cc98)B8c9oc%11c(c9N(c9ccc(C(C)(C)C)cc9)c9cc(-c%12ccc%13c(c%12)C(C)(C)CCC%13(C)C)cc(c98)N%10c8ccc(C(C)(C)C)cc8)C(C)(C)CCC%11(C)C)c7)cc2c53)C(C)(C)CCC6(C)C)C(C)(C)CCC4(C)C)cc1. The molecule has 6 heterocycles. The van der Waals surface area contributed by atoms with Crippen LogP contribution in [0.4, 0.5) is 68.2 Å². The highest BCUT2D eigenvalue weighted by Gasteiger charge is 2.58. The summed E-state index contributed by atoms with van der Waals surface area (Å²) in [6.45, 7) is 75.2. The highest BCUT2D eigenvalue weighted by atomic mass is 16.3. The zero-order valence-electron chi connectivity index (χ0n) is 85.9. The van der Waals surface area contributed by atoms with E-state index in [2.05, 4.69) is 422 Å². The fraction of sp³-hybridized carbons (Fsp3) is 0.452. The lowest BCUT2D eigenvalue weighted by molar-refractivity contribution is 0.282. The summed E-state index contributed by atoms with van der Waals surface area (Å²) < 4.78 is 16.3. The van der Waals surface area contributed by atoms with Crippen molar-refractivity contribution >= 4 is 115 Å². The molecule has 21 rings (SSSR count). The number of nitrogens with zero attached hydrogens (tertiary/aromatic N) is 4. The van der Waals surface area contributed by atoms with Crippen LogP contribution in [0.2, 0.25) is 0 Å². The zero-order chi connectivity index (χ0) is 93.9. The quantitative estimate of drug-likeness (QED) is 0.141. The first-order chi connectivity index (χ1) is 61.5. The maximum absolute atomic E-state index is 8.21. The molecule has 6 nitrogen and oxygen atoms in total. The molecule has 132 heavy (non-hydrogen) atoms. The monoisotopic (exact) mass is 1750 g/mol. The van der Waals surface area contributed by atoms with E-state index in [-0.39, 0.29) is 89.2 Å². The molecular weight excluding hydrogens is 1600 g/mol. The van der Waals surface area contributed by atoms with E-state index in [0.29, 0.717) is 0 Å². The summed E-state index contributed by atoms with van der Waals surface area (Å²) in [6.07, 6.45) is 11.7. The molecule has 1 unspecified atom stereocenters. The first-order valence-electron chi connectivity index (χ1n) is 50.4. The number of hydrogen-bond donors (Lipinski definition) is 0. The van der Waals surface area contributed by atoms with Gasteiger partial charge < -0.3 is 28.4 Å². The number of anilines is 12. The summed E-state index contributed by atoms with van der Waals surface area (Å²) in [5, 5.41) is 0. The highest BCUT2D eigenvalue weighted by Crippen LogP contribution is 2.62. The van der Waals surface area contributed by atoms with Gasteiger partial charge in [-0.2, -0.15) is 0 Å². The second kappa shape index (κ2) is 28.6. The fourth-order valence-electron chi connectivity index (χ4n) is 25.7. The molecular formula is C124H146B2N4O2. The van der Waals surface area contributed by atoms with E-state index < -0.39 is 0 Å². The molecule has 4 aliphatic heterocycles. The lowest BCUT2D eigenvalue weighted by Gasteiger charge is -2.48. The van der Waals surface area contributed by atoms with Gasteiger partial charge in [-0.25, -0.2) is 0 Å². The number of benzene rings is 10. The number of furan rings is 2. The van der Waals surface area contributed by atoms with Gasteiger partial charge in [0.2, 0.25) is 0 Å². The Balaban J connectivity index is 0.795. The molecule has 680 valence electrons. The predicted molar refractivity (Wildman–Crippen MR) is 566 cm³/mol. The second-order valence-electron chi connectivity index (χ2n) is 52.9. The molecule has 0 saturated carbocycles. The molecule has 0 radical (unpaired) electrons. The molecule has 0 spiro atoms. The molecule has 2 aromatic heterocycles. The molecule has 0 bridgehead atoms. The van der Waals surface area contributed by atoms with Gasteiger partial charge in [-0.3, -0.25) is 0 Å². The van der Waals surface area contributed by atoms with Crippen LogP contribution < -0.4 is 52.8 Å². The predicted octanol–water partition coefficient (Wildman–Crippen LogP) is 30.5. The van der Waals surface area contributed by atoms with Gasteiger partial charge >= 0.3 is 0 Å². The lowest BCUT2D eigenvalue weighted by atomic mass is 9.35. The van der Waals surface area contributed by atoms with Crippen LogP contribution in [0.25, 0.3) is 22.3 Å². The van der Waals surface area contributed by atoms with Crippen LogP contribution in [0, 0.1) is 0 Å². The minimum absolute atomic E-state index is 0.0143. The molecule has 1 atom stereocenters. The molecule has 5 aliphatic carbocycles. The van der Waals surface area contributed by atoms with E-state index in [0.717, 1.165) is 98.4 Å². The third kappa shape index (κ3) is 13.7. The van der Waals surface area contributed by atoms with Crippen LogP contribution in [0.5, 0.6) is 0 Å². The standard InChI is InChI=1S/C124H146B2N4O2/c1-111(2,3)79-36-44-83(45-37-79)127-95-71-90-89(117(17,18)55-56-118(90,19)20)69-93(95)125-103-97(127)65-77(67-99(103)129(85-48-40-81(41-49-85)113(7,8)9)105-101-107(131-109(105)125)122(27,28)59-57-120(101,23)24)75-34-32-33-74(63-75)73-124(31)62-61-119(21,22)91-72-96-94(70-92(91)124)126-104-98(128(96)84-46-38-80(39-47-84)112(4,5)6)66-78(76-35-52-87-88(64-76)116(15,16)54-53-115(87,13)14)68-100(104)130(86-50-42-82(43-51-86)114(10,11)12)106-102-108(132-110(106)126)123(29,30)60-58-121(102,25)26/h32-52,63-72H,53-62,73H2,1-31H3. The Morgan fingerprint density at radius 3 is 0.947 bits per heavy atom. The molecule has 12 aromatic rings. The maximum Gasteiger partial charge on any atom is 0.297 e. The van der Waals surface area contributed by atoms with Crippen LogP contribution in [0.3, 0.4) is 0 Å². The van der Waals surface area contributed by atoms with Gasteiger partial charge in [-0.1, -0.05) is 318 Å². The molecule has 0 N–H and O–H groups in total. The summed E-state index contributed by atoms with van der Waals surface area (Å²) in [6, 6.07) is 77.5. The molecule has 10 aromatic carbocycles. The van der Waals surface area contributed by atoms with Crippen molar-refractivity contribution in [1.29, 1.82) is 0 Å². The van der Waals surface area contributed by atoms with Gasteiger partial charge in [-0.05, 0) is 326 Å². The van der Waals surface area contributed by atoms with Crippen LogP contribution >= 0.6 is 0 Å². The molecule has 0 saturated heterocycles. The summed E-state index contributed by atoms with van der Waals surface area (Å²) in [5.74, 6) is 2.29. The summed E-state index contributed by atoms with van der Waals surface area (Å²) in [5.41, 5.74) is 43.5. The van der Waals surface area contributed by atoms with E-state index in [9.17, 15) is 0 Å². The van der Waals surface area contributed by atoms with Gasteiger partial charge in [0, 0.05) is 78.8 Å². The average molecular weight is 1750 g/mol. The van der Waals surface area contributed by atoms with Gasteiger partial charge in [0.05, 0.1) is 22.7 Å². The third-order valence-corrected chi connectivity index (χ3v) is 34.9. The highest BCUT2D eigenvalue weighted by molar-refractivity contribution is 7.00. The summed E-state index contributed by atoms with van der Waals surface area (Å²) in [4.78, 5) is 10.8. The molecule has 0 fully saturated rings. The second-order valence-corrected chi connectivity index (χ2v) is 52.9. The first kappa shape index (κ1) is 88.7. The number of hydrogen-bond acceptors (Lipinski definition) is 6. The van der Waals surface area contributed by atoms with Gasteiger partial charge in [-0.15, -0.1) is 0 Å². The Bertz CT molecular complexity index is 6770. The smallest absolute Gasteiger partial charge is 0.297 e. The van der Waals surface area contributed by atoms with Crippen molar-refractivity contribution in [2.24, 2.45) is 0 Å². The van der Waals surface area contributed by atoms with E-state index in [1.54, 1.807) is 0 Å². The van der Waals surface area contributed by atoms with Crippen LogP contribution in [-0.2, 0) is 82.2 Å². The van der Waals surface area contributed by atoms with Crippen LogP contribution in [0.1, 0.15) is 363 Å². The van der Waals surface area contributed by atoms with E-state index >= 15 is 0 Å². The maximum atomic E-state index is 8.21. The van der Waals surface area contributed by atoms with Crippen molar-refractivity contribution in [3.05, 3.63) is 272 Å². The van der Waals surface area contributed by atoms with Gasteiger partial charge in [0.1, 0.15) is 11.5 Å². The van der Waals surface area contributed by atoms with Crippen molar-refractivity contribution in [1.82, 2.24) is 0 Å². The van der Waals surface area contributed by atoms with Crippen molar-refractivity contribution in [2.45, 2.75) is 361 Å². The summed E-state index contributed by atoms with van der Waals surface area (Å²) >= 11 is 0. The molecule has 0 amide bonds. The zero-order valence-corrected chi connectivity index (χ0v) is 85.9. The third-order valence-electron chi connectivity index (χ3n) is 34.9. The molecule has 9 aliphatic rings. The Kier molecular flexibility index (Phi) is 19.2. The fourth-order valence-corrected chi connectivity index (χ4v) is 25.7. The van der Waals surface area contributed by atoms with E-state index in [1.165, 1.54) is 180 Å². The summed E-state index contributed by atoms with van der Waals surface area (Å²) in [7, 11) is 0. The van der Waals surface area contributed by atoms with Crippen molar-refractivity contribution in [2.75, 3.05) is 19.6 Å². The van der Waals surface area contributed by atoms with Crippen molar-refractivity contribution in [3.63, 3.8) is 0 Å². The average Bonchev–Trinajstić information content (AvgIpc) is 1.34. The van der Waals surface area contributed by atoms with Gasteiger partial charge in [0.15, 0.2) is 0 Å². The van der Waals surface area contributed by atoms with Crippen molar-refractivity contribution in [3.8, 4) is 22.3 Å². The topological polar surface area (TPSA) is 39.2 Å².